The minimum atomic E-state index is 0.789. The van der Waals surface area contributed by atoms with Crippen molar-refractivity contribution in [2.45, 2.75) is 0 Å². The molecule has 0 atom stereocenters. The van der Waals surface area contributed by atoms with Crippen molar-refractivity contribution >= 4 is 6.21 Å². The summed E-state index contributed by atoms with van der Waals surface area (Å²) in [5, 5.41) is 11.5. The summed E-state index contributed by atoms with van der Waals surface area (Å²) in [5.41, 5.74) is 0.971. The quantitative estimate of drug-likeness (QED) is 0.681. The molecule has 1 heterocycles. The lowest BCUT2D eigenvalue weighted by atomic mass is 10.2. The van der Waals surface area contributed by atoms with E-state index in [4.69, 9.17) is 4.74 Å². The first kappa shape index (κ1) is 12.1. The molecule has 98 valence electrons. The molecule has 0 N–H and O–H groups in total. The van der Waals surface area contributed by atoms with Crippen LogP contribution >= 0.6 is 0 Å². The Kier molecular flexibility index (Phi) is 3.51. The van der Waals surface area contributed by atoms with E-state index in [2.05, 4.69) is 15.3 Å². The highest BCUT2D eigenvalue weighted by atomic mass is 16.5. The summed E-state index contributed by atoms with van der Waals surface area (Å²) in [4.78, 5) is 0. The van der Waals surface area contributed by atoms with Gasteiger partial charge in [-0.15, -0.1) is 10.2 Å². The molecule has 0 saturated carbocycles. The molecular weight excluding hydrogens is 252 g/mol. The predicted molar refractivity (Wildman–Crippen MR) is 76.0 cm³/mol. The molecule has 0 radical (unpaired) electrons. The largest absolute Gasteiger partial charge is 0.457 e. The van der Waals surface area contributed by atoms with Crippen molar-refractivity contribution in [3.8, 4) is 11.5 Å². The fourth-order valence-corrected chi connectivity index (χ4v) is 1.63. The van der Waals surface area contributed by atoms with E-state index < -0.39 is 0 Å². The topological polar surface area (TPSA) is 52.3 Å². The summed E-state index contributed by atoms with van der Waals surface area (Å²) in [7, 11) is 0. The normalized spacial score (nSPS) is 10.8. The smallest absolute Gasteiger partial charge is 0.141 e. The van der Waals surface area contributed by atoms with Gasteiger partial charge >= 0.3 is 0 Å². The third-order valence-corrected chi connectivity index (χ3v) is 2.61. The van der Waals surface area contributed by atoms with Gasteiger partial charge in [0.15, 0.2) is 0 Å². The fourth-order valence-electron chi connectivity index (χ4n) is 1.63. The fraction of sp³-hybridized carbons (Fsp3) is 0. The first-order valence-corrected chi connectivity index (χ1v) is 6.12. The maximum absolute atomic E-state index is 5.71. The Hall–Kier alpha value is -2.95. The van der Waals surface area contributed by atoms with Crippen LogP contribution in [0.4, 0.5) is 0 Å². The van der Waals surface area contributed by atoms with Gasteiger partial charge in [-0.2, -0.15) is 5.10 Å². The van der Waals surface area contributed by atoms with Crippen molar-refractivity contribution in [2.75, 3.05) is 0 Å². The van der Waals surface area contributed by atoms with Gasteiger partial charge in [-0.05, 0) is 42.0 Å². The molecule has 0 aliphatic carbocycles. The molecule has 0 saturated heterocycles. The maximum atomic E-state index is 5.71. The number of hydrogen-bond donors (Lipinski definition) is 0. The van der Waals surface area contributed by atoms with Crippen molar-refractivity contribution in [3.63, 3.8) is 0 Å². The number of benzene rings is 2. The van der Waals surface area contributed by atoms with Crippen LogP contribution in [0.3, 0.4) is 0 Å². The van der Waals surface area contributed by atoms with Crippen LogP contribution in [-0.2, 0) is 0 Å². The van der Waals surface area contributed by atoms with E-state index in [1.807, 2.05) is 54.6 Å². The van der Waals surface area contributed by atoms with E-state index in [1.54, 1.807) is 6.21 Å². The molecule has 2 aromatic carbocycles. The zero-order chi connectivity index (χ0) is 13.6. The maximum Gasteiger partial charge on any atom is 0.141 e. The molecule has 0 aliphatic rings. The van der Waals surface area contributed by atoms with Gasteiger partial charge in [-0.3, -0.25) is 0 Å². The average Bonchev–Trinajstić information content (AvgIpc) is 3.01. The van der Waals surface area contributed by atoms with Crippen LogP contribution in [0.2, 0.25) is 0 Å². The van der Waals surface area contributed by atoms with Crippen molar-refractivity contribution in [3.05, 3.63) is 72.8 Å². The van der Waals surface area contributed by atoms with Crippen molar-refractivity contribution < 1.29 is 4.74 Å². The van der Waals surface area contributed by atoms with Crippen molar-refractivity contribution in [2.24, 2.45) is 5.10 Å². The third kappa shape index (κ3) is 3.08. The van der Waals surface area contributed by atoms with Gasteiger partial charge in [0.25, 0.3) is 0 Å². The molecule has 0 aliphatic heterocycles. The predicted octanol–water partition coefficient (Wildman–Crippen LogP) is 2.95. The highest BCUT2D eigenvalue weighted by molar-refractivity contribution is 5.79. The highest BCUT2D eigenvalue weighted by Gasteiger charge is 1.96. The van der Waals surface area contributed by atoms with Crippen molar-refractivity contribution in [1.29, 1.82) is 0 Å². The van der Waals surface area contributed by atoms with E-state index in [1.165, 1.54) is 17.3 Å². The molecule has 5 nitrogen and oxygen atoms in total. The zero-order valence-electron chi connectivity index (χ0n) is 10.6. The first-order valence-electron chi connectivity index (χ1n) is 6.12. The number of nitrogens with zero attached hydrogens (tertiary/aromatic N) is 4. The monoisotopic (exact) mass is 264 g/mol. The lowest BCUT2D eigenvalue weighted by molar-refractivity contribution is 0.482. The first-order chi connectivity index (χ1) is 9.90. The molecule has 3 aromatic rings. The van der Waals surface area contributed by atoms with Crippen LogP contribution in [0.15, 0.2) is 72.4 Å². The van der Waals surface area contributed by atoms with Crippen LogP contribution in [-0.4, -0.2) is 21.1 Å². The van der Waals surface area contributed by atoms with E-state index in [9.17, 15) is 0 Å². The molecule has 0 amide bonds. The second kappa shape index (κ2) is 5.79. The van der Waals surface area contributed by atoms with Crippen molar-refractivity contribution in [1.82, 2.24) is 14.9 Å². The molecule has 5 heteroatoms. The van der Waals surface area contributed by atoms with Crippen LogP contribution in [0.1, 0.15) is 5.56 Å². The molecular formula is C15H12N4O. The van der Waals surface area contributed by atoms with Crippen LogP contribution in [0.5, 0.6) is 11.5 Å². The van der Waals surface area contributed by atoms with E-state index >= 15 is 0 Å². The number of para-hydroxylation sites is 1. The Bertz CT molecular complexity index is 676. The molecule has 0 bridgehead atoms. The minimum Gasteiger partial charge on any atom is -0.457 e. The van der Waals surface area contributed by atoms with Gasteiger partial charge in [0, 0.05) is 0 Å². The van der Waals surface area contributed by atoms with Gasteiger partial charge in [-0.25, -0.2) is 4.68 Å². The summed E-state index contributed by atoms with van der Waals surface area (Å²) < 4.78 is 7.25. The van der Waals surface area contributed by atoms with Crippen LogP contribution < -0.4 is 4.74 Å². The van der Waals surface area contributed by atoms with Gasteiger partial charge in [-0.1, -0.05) is 18.2 Å². The lowest BCUT2D eigenvalue weighted by Gasteiger charge is -2.05. The molecule has 0 spiro atoms. The van der Waals surface area contributed by atoms with Gasteiger partial charge in [0.1, 0.15) is 24.2 Å². The van der Waals surface area contributed by atoms with E-state index in [0.717, 1.165) is 17.1 Å². The molecule has 1 aromatic heterocycles. The lowest BCUT2D eigenvalue weighted by Crippen LogP contribution is -1.88. The Morgan fingerprint density at radius 2 is 1.50 bits per heavy atom. The number of aromatic nitrogens is 3. The van der Waals surface area contributed by atoms with E-state index in [0.29, 0.717) is 0 Å². The summed E-state index contributed by atoms with van der Waals surface area (Å²) >= 11 is 0. The Morgan fingerprint density at radius 3 is 2.20 bits per heavy atom. The van der Waals surface area contributed by atoms with Crippen LogP contribution in [0.25, 0.3) is 0 Å². The Labute approximate surface area is 116 Å². The second-order valence-electron chi connectivity index (χ2n) is 4.07. The molecule has 20 heavy (non-hydrogen) atoms. The zero-order valence-corrected chi connectivity index (χ0v) is 10.6. The summed E-state index contributed by atoms with van der Waals surface area (Å²) in [6.07, 6.45) is 4.79. The minimum absolute atomic E-state index is 0.789. The van der Waals surface area contributed by atoms with Gasteiger partial charge in [0.05, 0.1) is 6.21 Å². The second-order valence-corrected chi connectivity index (χ2v) is 4.07. The van der Waals surface area contributed by atoms with Gasteiger partial charge < -0.3 is 4.74 Å². The Balaban J connectivity index is 1.68. The van der Waals surface area contributed by atoms with Gasteiger partial charge in [0.2, 0.25) is 0 Å². The number of ether oxygens (including phenoxy) is 1. The average molecular weight is 264 g/mol. The molecule has 0 fully saturated rings. The highest BCUT2D eigenvalue weighted by Crippen LogP contribution is 2.20. The SMILES string of the molecule is C(=N\n1cnnc1)/c1ccc(Oc2ccccc2)cc1. The summed E-state index contributed by atoms with van der Waals surface area (Å²) in [6, 6.07) is 17.4. The summed E-state index contributed by atoms with van der Waals surface area (Å²) in [6.45, 7) is 0. The third-order valence-electron chi connectivity index (χ3n) is 2.61. The standard InChI is InChI=1S/C15H12N4O/c1-2-4-14(5-3-1)20-15-8-6-13(7-9-15)10-18-19-11-16-17-12-19/h1-12H/b18-10+. The van der Waals surface area contributed by atoms with E-state index in [-0.39, 0.29) is 0 Å². The van der Waals surface area contributed by atoms with Crippen LogP contribution in [0, 0.1) is 0 Å². The molecule has 3 rings (SSSR count). The Morgan fingerprint density at radius 1 is 0.850 bits per heavy atom. The number of rotatable bonds is 4. The number of hydrogen-bond acceptors (Lipinski definition) is 4. The summed E-state index contributed by atoms with van der Waals surface area (Å²) in [5.74, 6) is 1.61. The molecule has 0 unspecified atom stereocenters.